The van der Waals surface area contributed by atoms with Crippen molar-refractivity contribution < 1.29 is 4.74 Å². The fraction of sp³-hybridized carbons (Fsp3) is 0.333. The Morgan fingerprint density at radius 2 is 2.31 bits per heavy atom. The molecule has 0 aromatic heterocycles. The second-order valence-corrected chi connectivity index (χ2v) is 4.06. The summed E-state index contributed by atoms with van der Waals surface area (Å²) in [5.74, 6) is 0.669. The van der Waals surface area contributed by atoms with E-state index in [0.717, 1.165) is 4.47 Å². The Hall–Kier alpha value is -0.250. The predicted octanol–water partition coefficient (Wildman–Crippen LogP) is 2.83. The van der Waals surface area contributed by atoms with Gasteiger partial charge in [-0.25, -0.2) is 0 Å². The molecule has 4 heteroatoms. The molecule has 1 rings (SSSR count). The van der Waals surface area contributed by atoms with Crippen molar-refractivity contribution in [3.8, 4) is 5.75 Å². The molecule has 0 bridgehead atoms. The molecule has 0 aliphatic rings. The van der Waals surface area contributed by atoms with Crippen LogP contribution in [0, 0.1) is 0 Å². The monoisotopic (exact) mass is 263 g/mol. The number of nitrogens with two attached hydrogens (primary N) is 1. The average molecular weight is 265 g/mol. The molecule has 0 saturated carbocycles. The van der Waals surface area contributed by atoms with Crippen LogP contribution in [0.4, 0.5) is 0 Å². The quantitative estimate of drug-likeness (QED) is 0.911. The molecule has 2 nitrogen and oxygen atoms in total. The van der Waals surface area contributed by atoms with Crippen molar-refractivity contribution in [3.05, 3.63) is 27.7 Å². The van der Waals surface area contributed by atoms with E-state index in [0.29, 0.717) is 17.3 Å². The minimum Gasteiger partial charge on any atom is -0.488 e. The fourth-order valence-electron chi connectivity index (χ4n) is 0.836. The van der Waals surface area contributed by atoms with Crippen LogP contribution in [0.15, 0.2) is 22.7 Å². The highest BCUT2D eigenvalue weighted by Crippen LogP contribution is 2.28. The Morgan fingerprint density at radius 1 is 1.62 bits per heavy atom. The molecule has 0 aliphatic heterocycles. The van der Waals surface area contributed by atoms with Gasteiger partial charge in [-0.1, -0.05) is 27.5 Å². The summed E-state index contributed by atoms with van der Waals surface area (Å²) in [6.07, 6.45) is -0.0151. The first-order valence-corrected chi connectivity index (χ1v) is 5.12. The van der Waals surface area contributed by atoms with Gasteiger partial charge in [-0.2, -0.15) is 0 Å². The minimum atomic E-state index is -0.0151. The Morgan fingerprint density at radius 3 is 2.85 bits per heavy atom. The fourth-order valence-corrected chi connectivity index (χ4v) is 1.55. The second kappa shape index (κ2) is 4.84. The third kappa shape index (κ3) is 3.18. The van der Waals surface area contributed by atoms with Gasteiger partial charge in [-0.15, -0.1) is 0 Å². The van der Waals surface area contributed by atoms with Gasteiger partial charge in [0.05, 0.1) is 5.02 Å². The molecular formula is C9H11BrClNO. The summed E-state index contributed by atoms with van der Waals surface area (Å²) in [5.41, 5.74) is 5.42. The SMILES string of the molecule is CC(CN)Oc1ccc(Br)cc1Cl. The average Bonchev–Trinajstić information content (AvgIpc) is 2.09. The van der Waals surface area contributed by atoms with Gasteiger partial charge in [0, 0.05) is 11.0 Å². The van der Waals surface area contributed by atoms with Gasteiger partial charge in [0.15, 0.2) is 0 Å². The smallest absolute Gasteiger partial charge is 0.138 e. The van der Waals surface area contributed by atoms with Crippen molar-refractivity contribution in [2.75, 3.05) is 6.54 Å². The van der Waals surface area contributed by atoms with E-state index in [4.69, 9.17) is 22.1 Å². The van der Waals surface area contributed by atoms with E-state index in [-0.39, 0.29) is 6.10 Å². The summed E-state index contributed by atoms with van der Waals surface area (Å²) in [5, 5.41) is 0.592. The molecule has 0 fully saturated rings. The molecule has 1 aromatic carbocycles. The van der Waals surface area contributed by atoms with Gasteiger partial charge < -0.3 is 10.5 Å². The van der Waals surface area contributed by atoms with Crippen LogP contribution < -0.4 is 10.5 Å². The van der Waals surface area contributed by atoms with Crippen molar-refractivity contribution >= 4 is 27.5 Å². The number of benzene rings is 1. The third-order valence-electron chi connectivity index (χ3n) is 1.55. The number of hydrogen-bond donors (Lipinski definition) is 1. The third-order valence-corrected chi connectivity index (χ3v) is 2.34. The highest BCUT2D eigenvalue weighted by atomic mass is 79.9. The van der Waals surface area contributed by atoms with Crippen LogP contribution in [-0.4, -0.2) is 12.6 Å². The standard InChI is InChI=1S/C9H11BrClNO/c1-6(5-12)13-9-3-2-7(10)4-8(9)11/h2-4,6H,5,12H2,1H3. The molecule has 0 saturated heterocycles. The number of rotatable bonds is 3. The molecule has 0 amide bonds. The Labute approximate surface area is 91.2 Å². The van der Waals surface area contributed by atoms with Gasteiger partial charge in [0.2, 0.25) is 0 Å². The largest absolute Gasteiger partial charge is 0.488 e. The van der Waals surface area contributed by atoms with Crippen LogP contribution >= 0.6 is 27.5 Å². The Kier molecular flexibility index (Phi) is 4.03. The molecule has 1 aromatic rings. The van der Waals surface area contributed by atoms with E-state index in [1.807, 2.05) is 19.1 Å². The van der Waals surface area contributed by atoms with Gasteiger partial charge in [0.1, 0.15) is 11.9 Å². The van der Waals surface area contributed by atoms with Crippen LogP contribution in [0.3, 0.4) is 0 Å². The van der Waals surface area contributed by atoms with Gasteiger partial charge in [-0.3, -0.25) is 0 Å². The number of hydrogen-bond acceptors (Lipinski definition) is 2. The lowest BCUT2D eigenvalue weighted by Crippen LogP contribution is -2.22. The van der Waals surface area contributed by atoms with Crippen LogP contribution in [0.5, 0.6) is 5.75 Å². The summed E-state index contributed by atoms with van der Waals surface area (Å²) >= 11 is 9.25. The van der Waals surface area contributed by atoms with Crippen molar-refractivity contribution in [3.63, 3.8) is 0 Å². The van der Waals surface area contributed by atoms with E-state index in [2.05, 4.69) is 15.9 Å². The summed E-state index contributed by atoms with van der Waals surface area (Å²) in [6.45, 7) is 2.38. The Balaban J connectivity index is 2.77. The maximum Gasteiger partial charge on any atom is 0.138 e. The molecule has 1 atom stereocenters. The van der Waals surface area contributed by atoms with Crippen molar-refractivity contribution in [2.45, 2.75) is 13.0 Å². The lowest BCUT2D eigenvalue weighted by molar-refractivity contribution is 0.230. The lowest BCUT2D eigenvalue weighted by atomic mass is 10.3. The maximum absolute atomic E-state index is 5.93. The molecule has 0 spiro atoms. The molecular weight excluding hydrogens is 253 g/mol. The first-order valence-electron chi connectivity index (χ1n) is 3.95. The normalized spacial score (nSPS) is 12.6. The first kappa shape index (κ1) is 10.8. The predicted molar refractivity (Wildman–Crippen MR) is 58.3 cm³/mol. The highest BCUT2D eigenvalue weighted by molar-refractivity contribution is 9.10. The zero-order valence-electron chi connectivity index (χ0n) is 7.26. The van der Waals surface area contributed by atoms with Crippen LogP contribution in [0.1, 0.15) is 6.92 Å². The molecule has 0 heterocycles. The Bertz CT molecular complexity index is 293. The molecule has 72 valence electrons. The highest BCUT2D eigenvalue weighted by Gasteiger charge is 2.05. The topological polar surface area (TPSA) is 35.2 Å². The van der Waals surface area contributed by atoms with Crippen LogP contribution in [0.25, 0.3) is 0 Å². The van der Waals surface area contributed by atoms with Crippen LogP contribution in [-0.2, 0) is 0 Å². The zero-order valence-corrected chi connectivity index (χ0v) is 9.60. The van der Waals surface area contributed by atoms with E-state index in [1.54, 1.807) is 6.07 Å². The second-order valence-electron chi connectivity index (χ2n) is 2.74. The van der Waals surface area contributed by atoms with E-state index in [9.17, 15) is 0 Å². The molecule has 0 radical (unpaired) electrons. The summed E-state index contributed by atoms with van der Waals surface area (Å²) in [4.78, 5) is 0. The van der Waals surface area contributed by atoms with E-state index < -0.39 is 0 Å². The first-order chi connectivity index (χ1) is 6.13. The van der Waals surface area contributed by atoms with E-state index >= 15 is 0 Å². The maximum atomic E-state index is 5.93. The number of halogens is 2. The minimum absolute atomic E-state index is 0.0151. The van der Waals surface area contributed by atoms with Crippen LogP contribution in [0.2, 0.25) is 5.02 Å². The summed E-state index contributed by atoms with van der Waals surface area (Å²) in [6, 6.07) is 5.49. The van der Waals surface area contributed by atoms with Gasteiger partial charge in [0.25, 0.3) is 0 Å². The zero-order chi connectivity index (χ0) is 9.84. The summed E-state index contributed by atoms with van der Waals surface area (Å²) in [7, 11) is 0. The molecule has 13 heavy (non-hydrogen) atoms. The molecule has 0 aliphatic carbocycles. The van der Waals surface area contributed by atoms with Crippen molar-refractivity contribution in [1.29, 1.82) is 0 Å². The van der Waals surface area contributed by atoms with Gasteiger partial charge in [-0.05, 0) is 25.1 Å². The summed E-state index contributed by atoms with van der Waals surface area (Å²) < 4.78 is 6.41. The van der Waals surface area contributed by atoms with E-state index in [1.165, 1.54) is 0 Å². The van der Waals surface area contributed by atoms with Gasteiger partial charge >= 0.3 is 0 Å². The number of ether oxygens (including phenoxy) is 1. The molecule has 2 N–H and O–H groups in total. The molecule has 1 unspecified atom stereocenters. The van der Waals surface area contributed by atoms with Crippen molar-refractivity contribution in [1.82, 2.24) is 0 Å². The van der Waals surface area contributed by atoms with Crippen molar-refractivity contribution in [2.24, 2.45) is 5.73 Å². The lowest BCUT2D eigenvalue weighted by Gasteiger charge is -2.13.